The number of carbonyl (C=O) groups excluding carboxylic acids is 2. The van der Waals surface area contributed by atoms with E-state index in [1.165, 1.54) is 42.5 Å². The van der Waals surface area contributed by atoms with E-state index in [1.54, 1.807) is 0 Å². The normalized spacial score (nSPS) is 14.4. The molecule has 152 valence electrons. The Morgan fingerprint density at radius 1 is 1.10 bits per heavy atom. The number of benzene rings is 2. The topological polar surface area (TPSA) is 71.0 Å². The smallest absolute Gasteiger partial charge is 0.404 e. The molecule has 0 aromatic heterocycles. The maximum atomic E-state index is 13.0. The highest BCUT2D eigenvalue weighted by molar-refractivity contribution is 6.43. The molecule has 0 atom stereocenters. The number of nitrogens with zero attached hydrogens (tertiary/aromatic N) is 2. The van der Waals surface area contributed by atoms with Crippen LogP contribution in [0.4, 0.5) is 23.2 Å². The zero-order chi connectivity index (χ0) is 21.0. The van der Waals surface area contributed by atoms with Gasteiger partial charge in [-0.15, -0.1) is 13.2 Å². The Morgan fingerprint density at radius 2 is 1.79 bits per heavy atom. The molecule has 0 saturated heterocycles. The van der Waals surface area contributed by atoms with Crippen molar-refractivity contribution >= 4 is 23.2 Å². The summed E-state index contributed by atoms with van der Waals surface area (Å²) in [5.74, 6) is -2.07. The number of hydrogen-bond acceptors (Lipinski definition) is 4. The largest absolute Gasteiger partial charge is 0.573 e. The molecule has 3 rings (SSSR count). The zero-order valence-corrected chi connectivity index (χ0v) is 14.9. The molecule has 2 aromatic rings. The van der Waals surface area contributed by atoms with Crippen molar-refractivity contribution in [3.63, 3.8) is 0 Å². The summed E-state index contributed by atoms with van der Waals surface area (Å²) in [5, 5.41) is 7.41. The van der Waals surface area contributed by atoms with Gasteiger partial charge in [0.1, 0.15) is 11.5 Å². The summed E-state index contributed by atoms with van der Waals surface area (Å²) in [7, 11) is 0. The summed E-state index contributed by atoms with van der Waals surface area (Å²) in [6.45, 7) is 0.0314. The van der Waals surface area contributed by atoms with Crippen LogP contribution in [-0.4, -0.2) is 28.9 Å². The SMILES string of the molecule is O=C(Nc1ccccc1OC(F)(F)F)C1=NN(Cc2ccc(F)cc2)C(=O)CC1. The second kappa shape index (κ2) is 8.29. The van der Waals surface area contributed by atoms with Crippen LogP contribution < -0.4 is 10.1 Å². The van der Waals surface area contributed by atoms with Crippen molar-refractivity contribution in [2.24, 2.45) is 5.10 Å². The van der Waals surface area contributed by atoms with Gasteiger partial charge >= 0.3 is 6.36 Å². The average Bonchev–Trinajstić information content (AvgIpc) is 2.65. The standard InChI is InChI=1S/C19H15F4N3O3/c20-13-7-5-12(6-8-13)11-26-17(27)10-9-15(25-26)18(28)24-14-3-1-2-4-16(14)29-19(21,22)23/h1-8H,9-11H2,(H,24,28). The molecule has 1 N–H and O–H groups in total. The Labute approximate surface area is 162 Å². The molecule has 1 heterocycles. The van der Waals surface area contributed by atoms with Gasteiger partial charge in [-0.1, -0.05) is 24.3 Å². The Hall–Kier alpha value is -3.43. The highest BCUT2D eigenvalue weighted by Crippen LogP contribution is 2.30. The number of hydrazone groups is 1. The molecule has 0 bridgehead atoms. The highest BCUT2D eigenvalue weighted by atomic mass is 19.4. The molecular formula is C19H15F4N3O3. The molecule has 0 aliphatic carbocycles. The first-order valence-corrected chi connectivity index (χ1v) is 8.50. The molecule has 2 aromatic carbocycles. The summed E-state index contributed by atoms with van der Waals surface area (Å²) in [5.41, 5.74) is 0.405. The molecule has 6 nitrogen and oxygen atoms in total. The van der Waals surface area contributed by atoms with Gasteiger partial charge in [-0.25, -0.2) is 9.40 Å². The maximum absolute atomic E-state index is 13.0. The van der Waals surface area contributed by atoms with E-state index in [1.807, 2.05) is 0 Å². The Balaban J connectivity index is 1.75. The van der Waals surface area contributed by atoms with E-state index in [-0.39, 0.29) is 36.7 Å². The first-order valence-electron chi connectivity index (χ1n) is 8.50. The molecule has 1 aliphatic rings. The van der Waals surface area contributed by atoms with Crippen molar-refractivity contribution in [3.05, 3.63) is 59.9 Å². The van der Waals surface area contributed by atoms with Crippen molar-refractivity contribution < 1.29 is 31.9 Å². The van der Waals surface area contributed by atoms with Gasteiger partial charge in [0.25, 0.3) is 5.91 Å². The van der Waals surface area contributed by atoms with Crippen molar-refractivity contribution in [1.29, 1.82) is 0 Å². The number of ether oxygens (including phenoxy) is 1. The molecule has 0 unspecified atom stereocenters. The van der Waals surface area contributed by atoms with E-state index in [9.17, 15) is 27.2 Å². The van der Waals surface area contributed by atoms with Crippen LogP contribution in [0.5, 0.6) is 5.75 Å². The predicted octanol–water partition coefficient (Wildman–Crippen LogP) is 3.84. The fraction of sp³-hybridized carbons (Fsp3) is 0.211. The van der Waals surface area contributed by atoms with E-state index in [0.29, 0.717) is 5.56 Å². The molecule has 10 heteroatoms. The van der Waals surface area contributed by atoms with Crippen molar-refractivity contribution in [3.8, 4) is 5.75 Å². The Morgan fingerprint density at radius 3 is 2.48 bits per heavy atom. The number of hydrogen-bond donors (Lipinski definition) is 1. The van der Waals surface area contributed by atoms with E-state index in [2.05, 4.69) is 15.2 Å². The van der Waals surface area contributed by atoms with Crippen molar-refractivity contribution in [2.45, 2.75) is 25.7 Å². The third-order valence-corrected chi connectivity index (χ3v) is 3.97. The lowest BCUT2D eigenvalue weighted by atomic mass is 10.1. The highest BCUT2D eigenvalue weighted by Gasteiger charge is 2.32. The minimum atomic E-state index is -4.92. The third kappa shape index (κ3) is 5.53. The van der Waals surface area contributed by atoms with Crippen molar-refractivity contribution in [2.75, 3.05) is 5.32 Å². The molecule has 0 saturated carbocycles. The van der Waals surface area contributed by atoms with Crippen LogP contribution in [0.25, 0.3) is 0 Å². The van der Waals surface area contributed by atoms with Crippen LogP contribution in [0, 0.1) is 5.82 Å². The van der Waals surface area contributed by atoms with Gasteiger partial charge in [0.05, 0.1) is 12.2 Å². The van der Waals surface area contributed by atoms with Gasteiger partial charge in [0.2, 0.25) is 5.91 Å². The van der Waals surface area contributed by atoms with Gasteiger partial charge in [-0.2, -0.15) is 5.10 Å². The summed E-state index contributed by atoms with van der Waals surface area (Å²) in [6, 6.07) is 10.5. The van der Waals surface area contributed by atoms with Crippen LogP contribution in [0.2, 0.25) is 0 Å². The number of nitrogens with one attached hydrogen (secondary N) is 1. The van der Waals surface area contributed by atoms with Gasteiger partial charge < -0.3 is 10.1 Å². The molecule has 0 radical (unpaired) electrons. The van der Waals surface area contributed by atoms with Crippen molar-refractivity contribution in [1.82, 2.24) is 5.01 Å². The van der Waals surface area contributed by atoms with Crippen LogP contribution >= 0.6 is 0 Å². The van der Waals surface area contributed by atoms with Gasteiger partial charge in [0.15, 0.2) is 5.75 Å². The van der Waals surface area contributed by atoms with E-state index in [0.717, 1.165) is 11.1 Å². The Kier molecular flexibility index (Phi) is 5.81. The van der Waals surface area contributed by atoms with Gasteiger partial charge in [-0.3, -0.25) is 9.59 Å². The molecular weight excluding hydrogens is 394 g/mol. The molecule has 29 heavy (non-hydrogen) atoms. The number of alkyl halides is 3. The number of rotatable bonds is 5. The van der Waals surface area contributed by atoms with E-state index < -0.39 is 23.8 Å². The summed E-state index contributed by atoms with van der Waals surface area (Å²) in [6.07, 6.45) is -4.87. The quantitative estimate of drug-likeness (QED) is 0.763. The second-order valence-corrected chi connectivity index (χ2v) is 6.12. The number of anilines is 1. The number of carbonyl (C=O) groups is 2. The number of amides is 2. The minimum absolute atomic E-state index is 0.00808. The first-order chi connectivity index (χ1) is 13.7. The lowest BCUT2D eigenvalue weighted by molar-refractivity contribution is -0.274. The number of halogens is 4. The fourth-order valence-corrected chi connectivity index (χ4v) is 2.63. The van der Waals surface area contributed by atoms with E-state index in [4.69, 9.17) is 0 Å². The summed E-state index contributed by atoms with van der Waals surface area (Å²) >= 11 is 0. The molecule has 0 spiro atoms. The lowest BCUT2D eigenvalue weighted by Gasteiger charge is -2.23. The van der Waals surface area contributed by atoms with Gasteiger partial charge in [0, 0.05) is 12.8 Å². The predicted molar refractivity (Wildman–Crippen MR) is 95.4 cm³/mol. The first kappa shape index (κ1) is 20.3. The zero-order valence-electron chi connectivity index (χ0n) is 14.9. The van der Waals surface area contributed by atoms with Gasteiger partial charge in [-0.05, 0) is 29.8 Å². The van der Waals surface area contributed by atoms with Crippen LogP contribution in [0.1, 0.15) is 18.4 Å². The van der Waals surface area contributed by atoms with Crippen LogP contribution in [-0.2, 0) is 16.1 Å². The average molecular weight is 409 g/mol. The number of para-hydroxylation sites is 2. The summed E-state index contributed by atoms with van der Waals surface area (Å²) < 4.78 is 54.4. The molecule has 2 amide bonds. The maximum Gasteiger partial charge on any atom is 0.573 e. The second-order valence-electron chi connectivity index (χ2n) is 6.12. The third-order valence-electron chi connectivity index (χ3n) is 3.97. The van der Waals surface area contributed by atoms with E-state index >= 15 is 0 Å². The van der Waals surface area contributed by atoms with Crippen LogP contribution in [0.3, 0.4) is 0 Å². The monoisotopic (exact) mass is 409 g/mol. The molecule has 1 aliphatic heterocycles. The molecule has 0 fully saturated rings. The fourth-order valence-electron chi connectivity index (χ4n) is 2.63. The Bertz CT molecular complexity index is 942. The minimum Gasteiger partial charge on any atom is -0.404 e. The summed E-state index contributed by atoms with van der Waals surface area (Å²) in [4.78, 5) is 24.5. The lowest BCUT2D eigenvalue weighted by Crippen LogP contribution is -2.36. The van der Waals surface area contributed by atoms with Crippen LogP contribution in [0.15, 0.2) is 53.6 Å².